The fourth-order valence-electron chi connectivity index (χ4n) is 4.45. The van der Waals surface area contributed by atoms with E-state index >= 15 is 0 Å². The first-order valence-corrected chi connectivity index (χ1v) is 12.9. The Balaban J connectivity index is 1.76. The number of nitrogens with two attached hydrogens (primary N) is 1. The molecule has 0 aromatic heterocycles. The Morgan fingerprint density at radius 3 is 2.33 bits per heavy atom. The number of carboxylic acids is 2. The third kappa shape index (κ3) is 8.27. The van der Waals surface area contributed by atoms with E-state index in [9.17, 15) is 29.4 Å². The van der Waals surface area contributed by atoms with E-state index in [0.29, 0.717) is 17.5 Å². The molecule has 0 spiro atoms. The third-order valence-electron chi connectivity index (χ3n) is 6.71. The van der Waals surface area contributed by atoms with E-state index in [2.05, 4.69) is 10.3 Å². The van der Waals surface area contributed by atoms with Gasteiger partial charge in [-0.3, -0.25) is 24.2 Å². The largest absolute Gasteiger partial charge is 0.508 e. The second kappa shape index (κ2) is 14.1. The normalized spacial score (nSPS) is 18.1. The van der Waals surface area contributed by atoms with Crippen molar-refractivity contribution in [3.63, 3.8) is 0 Å². The van der Waals surface area contributed by atoms with Crippen molar-refractivity contribution < 1.29 is 39.2 Å². The van der Waals surface area contributed by atoms with Crippen LogP contribution in [-0.4, -0.2) is 82.3 Å². The highest BCUT2D eigenvalue weighted by Crippen LogP contribution is 2.25. The number of nitrogens with zero attached hydrogens (tertiary/aromatic N) is 2. The molecule has 0 aliphatic carbocycles. The average molecular weight is 555 g/mol. The lowest BCUT2D eigenvalue weighted by atomic mass is 9.94. The number of amidine groups is 1. The first-order chi connectivity index (χ1) is 19.1. The number of piperidine rings is 1. The molecule has 12 heteroatoms. The molecule has 0 bridgehead atoms. The summed E-state index contributed by atoms with van der Waals surface area (Å²) in [7, 11) is 1.41. The third-order valence-corrected chi connectivity index (χ3v) is 6.71. The minimum absolute atomic E-state index is 0.0113. The van der Waals surface area contributed by atoms with Gasteiger partial charge in [0, 0.05) is 50.6 Å². The number of carbonyl (C=O) groups is 4. The number of phenols is 1. The predicted octanol–water partition coefficient (Wildman–Crippen LogP) is 1.60. The zero-order chi connectivity index (χ0) is 29.2. The number of rotatable bonds is 12. The number of methoxy groups -OCH3 is 1. The number of nitrogens with one attached hydrogen (secondary N) is 1. The van der Waals surface area contributed by atoms with Crippen LogP contribution in [0.25, 0.3) is 0 Å². The van der Waals surface area contributed by atoms with Crippen LogP contribution in [0.3, 0.4) is 0 Å². The van der Waals surface area contributed by atoms with Crippen LogP contribution < -0.4 is 11.1 Å². The monoisotopic (exact) mass is 554 g/mol. The maximum absolute atomic E-state index is 13.7. The van der Waals surface area contributed by atoms with Gasteiger partial charge in [-0.15, -0.1) is 0 Å². The Morgan fingerprint density at radius 1 is 1.07 bits per heavy atom. The Kier molecular flexibility index (Phi) is 10.6. The molecule has 1 heterocycles. The summed E-state index contributed by atoms with van der Waals surface area (Å²) < 4.78 is 5.44. The number of phenolic OH excluding ortho intramolecular Hbond substituents is 1. The van der Waals surface area contributed by atoms with Crippen molar-refractivity contribution in [3.05, 3.63) is 65.2 Å². The fraction of sp³-hybridized carbons (Fsp3) is 0.393. The molecule has 2 aromatic carbocycles. The molecular weight excluding hydrogens is 520 g/mol. The van der Waals surface area contributed by atoms with Crippen LogP contribution in [0.2, 0.25) is 0 Å². The van der Waals surface area contributed by atoms with Gasteiger partial charge in [0.2, 0.25) is 5.91 Å². The first kappa shape index (κ1) is 30.1. The van der Waals surface area contributed by atoms with Gasteiger partial charge < -0.3 is 36.0 Å². The summed E-state index contributed by atoms with van der Waals surface area (Å²) in [5.74, 6) is -3.12. The topological polar surface area (TPSA) is 192 Å². The van der Waals surface area contributed by atoms with Crippen LogP contribution in [0, 0.1) is 5.92 Å². The van der Waals surface area contributed by atoms with Crippen LogP contribution >= 0.6 is 0 Å². The Hall–Kier alpha value is -4.45. The summed E-state index contributed by atoms with van der Waals surface area (Å²) in [5.41, 5.74) is 7.52. The molecule has 2 amide bonds. The van der Waals surface area contributed by atoms with Gasteiger partial charge in [-0.2, -0.15) is 0 Å². The molecule has 1 fully saturated rings. The van der Waals surface area contributed by atoms with Crippen molar-refractivity contribution in [2.75, 3.05) is 20.2 Å². The highest BCUT2D eigenvalue weighted by Gasteiger charge is 2.38. The number of amides is 2. The summed E-state index contributed by atoms with van der Waals surface area (Å²) >= 11 is 0. The second-order valence-electron chi connectivity index (χ2n) is 9.52. The van der Waals surface area contributed by atoms with Crippen molar-refractivity contribution in [1.82, 2.24) is 10.2 Å². The highest BCUT2D eigenvalue weighted by atomic mass is 16.5. The average Bonchev–Trinajstić information content (AvgIpc) is 2.95. The molecule has 3 rings (SSSR count). The van der Waals surface area contributed by atoms with Crippen molar-refractivity contribution >= 4 is 29.6 Å². The van der Waals surface area contributed by atoms with Crippen LogP contribution in [0.1, 0.15) is 47.2 Å². The van der Waals surface area contributed by atoms with Crippen LogP contribution in [-0.2, 0) is 25.5 Å². The van der Waals surface area contributed by atoms with E-state index in [-0.39, 0.29) is 55.9 Å². The number of aromatic hydroxyl groups is 1. The van der Waals surface area contributed by atoms with Gasteiger partial charge >= 0.3 is 11.9 Å². The lowest BCUT2D eigenvalue weighted by Crippen LogP contribution is -2.56. The molecule has 6 N–H and O–H groups in total. The Bertz CT molecular complexity index is 1230. The Labute approximate surface area is 231 Å². The molecule has 2 unspecified atom stereocenters. The smallest absolute Gasteiger partial charge is 0.306 e. The predicted molar refractivity (Wildman–Crippen MR) is 145 cm³/mol. The van der Waals surface area contributed by atoms with Gasteiger partial charge in [-0.25, -0.2) is 0 Å². The molecule has 12 nitrogen and oxygen atoms in total. The lowest BCUT2D eigenvalue weighted by Gasteiger charge is -2.39. The van der Waals surface area contributed by atoms with E-state index in [1.54, 1.807) is 36.4 Å². The van der Waals surface area contributed by atoms with Gasteiger partial charge in [0.15, 0.2) is 0 Å². The van der Waals surface area contributed by atoms with E-state index in [0.717, 1.165) is 0 Å². The minimum Gasteiger partial charge on any atom is -0.508 e. The van der Waals surface area contributed by atoms with E-state index in [4.69, 9.17) is 15.6 Å². The van der Waals surface area contributed by atoms with Gasteiger partial charge in [-0.1, -0.05) is 24.3 Å². The maximum atomic E-state index is 13.7. The molecule has 40 heavy (non-hydrogen) atoms. The quantitative estimate of drug-likeness (QED) is 0.147. The molecule has 3 atom stereocenters. The fourth-order valence-corrected chi connectivity index (χ4v) is 4.45. The van der Waals surface area contributed by atoms with E-state index < -0.39 is 41.9 Å². The van der Waals surface area contributed by atoms with Gasteiger partial charge in [0.1, 0.15) is 23.9 Å². The number of hydrogen-bond acceptors (Lipinski definition) is 7. The van der Waals surface area contributed by atoms with Crippen LogP contribution in [0.15, 0.2) is 53.5 Å². The van der Waals surface area contributed by atoms with Crippen molar-refractivity contribution in [2.24, 2.45) is 16.6 Å². The zero-order valence-corrected chi connectivity index (χ0v) is 22.2. The standard InChI is InChI=1S/C28H34N4O8/c1-40-23-16-20(28(38)39)12-14-32(23)27(37)22(15-17-4-10-21(33)11-5-17)31-26(36)19-8-6-18(7-9-19)25(29)30-13-2-3-24(34)35/h4-11,20,22-23,33H,2-3,12-16H2,1H3,(H2,29,30)(H,31,36)(H,34,35)(H,38,39)/t20?,22-,23?/m0/s1. The molecule has 0 saturated carbocycles. The Morgan fingerprint density at radius 2 is 1.73 bits per heavy atom. The van der Waals surface area contributed by atoms with Crippen molar-refractivity contribution in [3.8, 4) is 5.75 Å². The molecule has 2 aromatic rings. The summed E-state index contributed by atoms with van der Waals surface area (Å²) in [4.78, 5) is 54.6. The van der Waals surface area contributed by atoms with E-state index in [1.165, 1.54) is 24.1 Å². The van der Waals surface area contributed by atoms with Crippen LogP contribution in [0.5, 0.6) is 5.75 Å². The molecule has 0 radical (unpaired) electrons. The number of hydrogen-bond donors (Lipinski definition) is 5. The summed E-state index contributed by atoms with van der Waals surface area (Å²) in [6, 6.07) is 11.6. The molecular formula is C28H34N4O8. The molecule has 1 aliphatic heterocycles. The molecule has 214 valence electrons. The number of ether oxygens (including phenoxy) is 1. The zero-order valence-electron chi connectivity index (χ0n) is 22.2. The van der Waals surface area contributed by atoms with Crippen molar-refractivity contribution in [1.29, 1.82) is 0 Å². The van der Waals surface area contributed by atoms with Gasteiger partial charge in [0.25, 0.3) is 5.91 Å². The van der Waals surface area contributed by atoms with Gasteiger partial charge in [0.05, 0.1) is 5.92 Å². The summed E-state index contributed by atoms with van der Waals surface area (Å²) in [6.45, 7) is 0.420. The molecule has 1 saturated heterocycles. The van der Waals surface area contributed by atoms with Crippen LogP contribution in [0.4, 0.5) is 0 Å². The van der Waals surface area contributed by atoms with Gasteiger partial charge in [-0.05, 0) is 42.7 Å². The number of aliphatic imine (C=N–C) groups is 1. The van der Waals surface area contributed by atoms with E-state index in [1.807, 2.05) is 0 Å². The summed E-state index contributed by atoms with van der Waals surface area (Å²) in [5, 5.41) is 30.5. The first-order valence-electron chi connectivity index (χ1n) is 12.9. The highest BCUT2D eigenvalue weighted by molar-refractivity contribution is 6.00. The van der Waals surface area contributed by atoms with Crippen molar-refractivity contribution in [2.45, 2.75) is 44.4 Å². The number of likely N-dealkylation sites (tertiary alicyclic amines) is 1. The number of carbonyl (C=O) groups excluding carboxylic acids is 2. The number of carboxylic acid groups (broad SMARTS) is 2. The number of aliphatic carboxylic acids is 2. The lowest BCUT2D eigenvalue weighted by molar-refractivity contribution is -0.160. The molecule has 1 aliphatic rings. The SMILES string of the molecule is COC1CC(C(=O)O)CCN1C(=O)[C@H](Cc1ccc(O)cc1)NC(=O)c1ccc(C(N)=NCCCC(=O)O)cc1. The minimum atomic E-state index is -0.989. The maximum Gasteiger partial charge on any atom is 0.306 e. The number of benzene rings is 2. The second-order valence-corrected chi connectivity index (χ2v) is 9.52. The summed E-state index contributed by atoms with van der Waals surface area (Å²) in [6.07, 6.45) is 0.125.